The first-order valence-electron chi connectivity index (χ1n) is 6.52. The van der Waals surface area contributed by atoms with Crippen LogP contribution < -0.4 is 0 Å². The van der Waals surface area contributed by atoms with Gasteiger partial charge in [-0.3, -0.25) is 0 Å². The minimum absolute atomic E-state index is 0.427. The number of allylic oxidation sites excluding steroid dienone is 1. The number of rotatable bonds is 3. The fraction of sp³-hybridized carbons (Fsp3) is 0.467. The van der Waals surface area contributed by atoms with E-state index in [2.05, 4.69) is 55.6 Å². The van der Waals surface area contributed by atoms with E-state index < -0.39 is 8.32 Å². The smallest absolute Gasteiger partial charge is 0.190 e. The van der Waals surface area contributed by atoms with Crippen LogP contribution in [0.1, 0.15) is 18.4 Å². The Bertz CT molecular complexity index is 370. The highest BCUT2D eigenvalue weighted by Crippen LogP contribution is 2.23. The molecule has 2 rings (SSSR count). The van der Waals surface area contributed by atoms with Gasteiger partial charge in [0.15, 0.2) is 8.32 Å². The van der Waals surface area contributed by atoms with Crippen molar-refractivity contribution in [1.82, 2.24) is 0 Å². The topological polar surface area (TPSA) is 9.23 Å². The lowest BCUT2D eigenvalue weighted by Crippen LogP contribution is -2.33. The van der Waals surface area contributed by atoms with Crippen LogP contribution in [-0.4, -0.2) is 14.4 Å². The summed E-state index contributed by atoms with van der Waals surface area (Å²) in [4.78, 5) is 0. The Morgan fingerprint density at radius 1 is 1.18 bits per heavy atom. The lowest BCUT2D eigenvalue weighted by molar-refractivity contribution is 0.188. The van der Waals surface area contributed by atoms with Gasteiger partial charge in [0.2, 0.25) is 0 Å². The van der Waals surface area contributed by atoms with Crippen LogP contribution in [0.15, 0.2) is 42.5 Å². The molecule has 0 N–H and O–H groups in total. The van der Waals surface area contributed by atoms with Crippen molar-refractivity contribution in [2.75, 3.05) is 0 Å². The lowest BCUT2D eigenvalue weighted by atomic mass is 10.1. The molecule has 1 aliphatic heterocycles. The molecule has 17 heavy (non-hydrogen) atoms. The van der Waals surface area contributed by atoms with Crippen LogP contribution in [0.2, 0.25) is 19.1 Å². The molecule has 0 saturated heterocycles. The van der Waals surface area contributed by atoms with Gasteiger partial charge in [0.25, 0.3) is 0 Å². The zero-order valence-electron chi connectivity index (χ0n) is 10.9. The Hall–Kier alpha value is -0.863. The van der Waals surface area contributed by atoms with Crippen molar-refractivity contribution >= 4 is 8.32 Å². The number of benzene rings is 1. The highest BCUT2D eigenvalue weighted by molar-refractivity contribution is 6.71. The van der Waals surface area contributed by atoms with Crippen molar-refractivity contribution in [3.05, 3.63) is 48.0 Å². The van der Waals surface area contributed by atoms with Gasteiger partial charge in [-0.05, 0) is 44.0 Å². The van der Waals surface area contributed by atoms with E-state index in [4.69, 9.17) is 4.43 Å². The molecule has 0 aromatic heterocycles. The second kappa shape index (κ2) is 5.65. The first-order chi connectivity index (χ1) is 8.16. The first kappa shape index (κ1) is 12.6. The van der Waals surface area contributed by atoms with E-state index in [9.17, 15) is 0 Å². The Kier molecular flexibility index (Phi) is 4.19. The highest BCUT2D eigenvalue weighted by atomic mass is 28.4. The van der Waals surface area contributed by atoms with Crippen molar-refractivity contribution in [3.63, 3.8) is 0 Å². The monoisotopic (exact) mass is 246 g/mol. The average Bonchev–Trinajstić information content (AvgIpc) is 2.49. The predicted octanol–water partition coefficient (Wildman–Crippen LogP) is 4.17. The Labute approximate surface area is 106 Å². The summed E-state index contributed by atoms with van der Waals surface area (Å²) in [5.41, 5.74) is 1.42. The predicted molar refractivity (Wildman–Crippen MR) is 75.7 cm³/mol. The van der Waals surface area contributed by atoms with Crippen LogP contribution in [-0.2, 0) is 10.8 Å². The van der Waals surface area contributed by atoms with E-state index >= 15 is 0 Å². The van der Waals surface area contributed by atoms with Crippen LogP contribution >= 0.6 is 0 Å². The normalized spacial score (nSPS) is 23.3. The van der Waals surface area contributed by atoms with E-state index in [-0.39, 0.29) is 0 Å². The van der Waals surface area contributed by atoms with Crippen molar-refractivity contribution < 1.29 is 4.43 Å². The molecular weight excluding hydrogens is 224 g/mol. The van der Waals surface area contributed by atoms with E-state index in [1.54, 1.807) is 0 Å². The summed E-state index contributed by atoms with van der Waals surface area (Å²) in [6.07, 6.45) is 8.40. The summed E-state index contributed by atoms with van der Waals surface area (Å²) >= 11 is 0. The lowest BCUT2D eigenvalue weighted by Gasteiger charge is -2.26. The summed E-state index contributed by atoms with van der Waals surface area (Å²) in [6, 6.07) is 11.9. The van der Waals surface area contributed by atoms with E-state index in [0.29, 0.717) is 6.10 Å². The minimum atomic E-state index is -1.43. The molecule has 1 atom stereocenters. The van der Waals surface area contributed by atoms with Gasteiger partial charge in [-0.2, -0.15) is 0 Å². The maximum Gasteiger partial charge on any atom is 0.190 e. The van der Waals surface area contributed by atoms with Crippen molar-refractivity contribution in [2.24, 2.45) is 0 Å². The molecule has 0 radical (unpaired) electrons. The van der Waals surface area contributed by atoms with Crippen LogP contribution in [0.4, 0.5) is 0 Å². The molecular formula is C15H22OSi. The van der Waals surface area contributed by atoms with Crippen LogP contribution in [0, 0.1) is 0 Å². The zero-order valence-corrected chi connectivity index (χ0v) is 11.9. The maximum absolute atomic E-state index is 6.30. The van der Waals surface area contributed by atoms with Crippen LogP contribution in [0.3, 0.4) is 0 Å². The molecule has 0 bridgehead atoms. The zero-order chi connectivity index (χ0) is 12.1. The third-order valence-corrected chi connectivity index (χ3v) is 5.45. The Morgan fingerprint density at radius 3 is 2.71 bits per heavy atom. The molecule has 1 heterocycles. The largest absolute Gasteiger partial charge is 0.414 e. The molecule has 0 spiro atoms. The molecule has 92 valence electrons. The molecule has 1 aromatic carbocycles. The van der Waals surface area contributed by atoms with Gasteiger partial charge in [-0.25, -0.2) is 0 Å². The number of aryl methyl sites for hydroxylation is 1. The standard InChI is InChI=1S/C15H22OSi/c1-17(2)13-7-6-10-15(16-17)12-11-14-8-4-3-5-9-14/h3-9,15H,10-13H2,1-2H3. The molecule has 1 unspecified atom stereocenters. The summed E-state index contributed by atoms with van der Waals surface area (Å²) in [5, 5.41) is 0. The maximum atomic E-state index is 6.30. The van der Waals surface area contributed by atoms with E-state index in [1.807, 2.05) is 0 Å². The van der Waals surface area contributed by atoms with Crippen molar-refractivity contribution in [2.45, 2.75) is 44.5 Å². The summed E-state index contributed by atoms with van der Waals surface area (Å²) in [6.45, 7) is 4.64. The quantitative estimate of drug-likeness (QED) is 0.574. The number of hydrogen-bond acceptors (Lipinski definition) is 1. The van der Waals surface area contributed by atoms with Crippen LogP contribution in [0.25, 0.3) is 0 Å². The van der Waals surface area contributed by atoms with Crippen molar-refractivity contribution in [3.8, 4) is 0 Å². The second-order valence-electron chi connectivity index (χ2n) is 5.44. The molecule has 1 aromatic rings. The van der Waals surface area contributed by atoms with Crippen molar-refractivity contribution in [1.29, 1.82) is 0 Å². The Morgan fingerprint density at radius 2 is 1.94 bits per heavy atom. The molecule has 0 fully saturated rings. The highest BCUT2D eigenvalue weighted by Gasteiger charge is 2.26. The summed E-state index contributed by atoms with van der Waals surface area (Å²) < 4.78 is 6.30. The third kappa shape index (κ3) is 4.13. The van der Waals surface area contributed by atoms with E-state index in [0.717, 1.165) is 25.3 Å². The molecule has 0 amide bonds. The molecule has 0 saturated carbocycles. The molecule has 0 aliphatic carbocycles. The molecule has 2 heteroatoms. The third-order valence-electron chi connectivity index (χ3n) is 3.26. The fourth-order valence-electron chi connectivity index (χ4n) is 2.31. The minimum Gasteiger partial charge on any atom is -0.414 e. The average molecular weight is 246 g/mol. The molecule has 1 aliphatic rings. The van der Waals surface area contributed by atoms with Gasteiger partial charge < -0.3 is 4.43 Å². The molecule has 1 nitrogen and oxygen atoms in total. The van der Waals surface area contributed by atoms with Gasteiger partial charge >= 0.3 is 0 Å². The van der Waals surface area contributed by atoms with Gasteiger partial charge in [0, 0.05) is 6.10 Å². The summed E-state index contributed by atoms with van der Waals surface area (Å²) in [5.74, 6) is 0. The van der Waals surface area contributed by atoms with Gasteiger partial charge in [0.1, 0.15) is 0 Å². The fourth-order valence-corrected chi connectivity index (χ4v) is 4.26. The summed E-state index contributed by atoms with van der Waals surface area (Å²) in [7, 11) is -1.43. The number of hydrogen-bond donors (Lipinski definition) is 0. The van der Waals surface area contributed by atoms with Gasteiger partial charge in [0.05, 0.1) is 0 Å². The van der Waals surface area contributed by atoms with Crippen LogP contribution in [0.5, 0.6) is 0 Å². The van der Waals surface area contributed by atoms with Gasteiger partial charge in [-0.15, -0.1) is 0 Å². The van der Waals surface area contributed by atoms with E-state index in [1.165, 1.54) is 5.56 Å². The Balaban J connectivity index is 1.88. The second-order valence-corrected chi connectivity index (χ2v) is 9.60. The SMILES string of the molecule is C[Si]1(C)CC=CCC(CCc2ccccc2)O1. The van der Waals surface area contributed by atoms with Gasteiger partial charge in [-0.1, -0.05) is 42.5 Å². The first-order valence-corrected chi connectivity index (χ1v) is 9.64.